The van der Waals surface area contributed by atoms with E-state index in [0.717, 1.165) is 32.2 Å². The molecule has 8 heteroatoms. The minimum atomic E-state index is -0.613. The van der Waals surface area contributed by atoms with Gasteiger partial charge in [0.25, 0.3) is 5.91 Å². The van der Waals surface area contributed by atoms with Crippen LogP contribution < -0.4 is 16.4 Å². The van der Waals surface area contributed by atoms with Crippen molar-refractivity contribution < 1.29 is 9.18 Å². The molecule has 0 atom stereocenters. The van der Waals surface area contributed by atoms with Crippen LogP contribution in [0.2, 0.25) is 0 Å². The molecule has 1 saturated carbocycles. The Balaban J connectivity index is 1.44. The van der Waals surface area contributed by atoms with Gasteiger partial charge in [-0.2, -0.15) is 9.49 Å². The first-order valence-corrected chi connectivity index (χ1v) is 10.5. The van der Waals surface area contributed by atoms with Crippen LogP contribution >= 0.6 is 0 Å². The second-order valence-electron chi connectivity index (χ2n) is 8.33. The molecule has 1 aliphatic carbocycles. The van der Waals surface area contributed by atoms with E-state index < -0.39 is 11.9 Å². The number of hydrogen-bond donors (Lipinski definition) is 3. The highest BCUT2D eigenvalue weighted by Gasteiger charge is 2.34. The number of benzene rings is 1. The Morgan fingerprint density at radius 3 is 2.68 bits per heavy atom. The van der Waals surface area contributed by atoms with E-state index >= 15 is 0 Å². The molecule has 0 aliphatic heterocycles. The van der Waals surface area contributed by atoms with Crippen LogP contribution in [0.15, 0.2) is 54.9 Å². The minimum Gasteiger partial charge on any atom is -0.365 e. The van der Waals surface area contributed by atoms with E-state index in [4.69, 9.17) is 5.73 Å². The number of pyridine rings is 1. The first-order chi connectivity index (χ1) is 14.9. The van der Waals surface area contributed by atoms with Crippen molar-refractivity contribution in [2.24, 2.45) is 5.73 Å². The van der Waals surface area contributed by atoms with Gasteiger partial charge in [0.15, 0.2) is 5.82 Å². The lowest BCUT2D eigenvalue weighted by Gasteiger charge is -2.38. The molecule has 3 aromatic rings. The molecule has 1 aliphatic rings. The van der Waals surface area contributed by atoms with E-state index in [1.165, 1.54) is 17.8 Å². The lowest BCUT2D eigenvalue weighted by molar-refractivity contribution is 0.100. The summed E-state index contributed by atoms with van der Waals surface area (Å²) < 4.78 is 15.3. The maximum Gasteiger partial charge on any atom is 0.254 e. The maximum atomic E-state index is 13.4. The largest absolute Gasteiger partial charge is 0.365 e. The highest BCUT2D eigenvalue weighted by molar-refractivity contribution is 5.98. The lowest BCUT2D eigenvalue weighted by atomic mass is 9.81. The number of halogens is 1. The molecule has 7 nitrogen and oxygen atoms in total. The second-order valence-corrected chi connectivity index (χ2v) is 8.33. The number of nitrogens with two attached hydrogens (primary N) is 1. The highest BCUT2D eigenvalue weighted by Crippen LogP contribution is 2.36. The molecule has 0 spiro atoms. The Labute approximate surface area is 180 Å². The number of hydrogen-bond acceptors (Lipinski definition) is 5. The molecule has 1 fully saturated rings. The monoisotopic (exact) mass is 422 g/mol. The van der Waals surface area contributed by atoms with Crippen molar-refractivity contribution in [3.05, 3.63) is 71.9 Å². The third-order valence-corrected chi connectivity index (χ3v) is 6.02. The molecule has 4 rings (SSSR count). The molecule has 1 aromatic carbocycles. The fourth-order valence-electron chi connectivity index (χ4n) is 4.07. The molecule has 162 valence electrons. The summed E-state index contributed by atoms with van der Waals surface area (Å²) in [5, 5.41) is 11.2. The summed E-state index contributed by atoms with van der Waals surface area (Å²) in [6, 6.07) is 13.7. The van der Waals surface area contributed by atoms with Crippen LogP contribution in [0.5, 0.6) is 0 Å². The lowest BCUT2D eigenvalue weighted by Crippen LogP contribution is -2.41. The summed E-state index contributed by atoms with van der Waals surface area (Å²) in [5.74, 6) is -0.868. The molecule has 2 aromatic heterocycles. The third kappa shape index (κ3) is 4.91. The minimum absolute atomic E-state index is 0.224. The summed E-state index contributed by atoms with van der Waals surface area (Å²) in [4.78, 5) is 15.5. The van der Waals surface area contributed by atoms with Gasteiger partial charge in [-0.15, -0.1) is 0 Å². The van der Waals surface area contributed by atoms with Gasteiger partial charge >= 0.3 is 0 Å². The van der Waals surface area contributed by atoms with Crippen LogP contribution in [-0.2, 0) is 12.1 Å². The molecule has 2 heterocycles. The predicted molar refractivity (Wildman–Crippen MR) is 117 cm³/mol. The standard InChI is InChI=1S/C23H27FN6O/c1-23(10-7-17(8-11-23)27-14-16-5-3-2-4-6-16)30-15-19(21(25)31)22(29-30)28-18-9-12-26-20(24)13-18/h2-6,9,12-13,15,17,27H,7-8,10-11,14H2,1H3,(H2,25,31)(H,26,28,29). The smallest absolute Gasteiger partial charge is 0.254 e. The molecule has 0 radical (unpaired) electrons. The second kappa shape index (κ2) is 8.85. The Hall–Kier alpha value is -3.26. The Morgan fingerprint density at radius 1 is 1.26 bits per heavy atom. The SMILES string of the molecule is CC1(n2cc(C(N)=O)c(Nc3ccnc(F)c3)n2)CCC(NCc2ccccc2)CC1. The topological polar surface area (TPSA) is 97.9 Å². The number of aromatic nitrogens is 3. The zero-order chi connectivity index (χ0) is 21.8. The summed E-state index contributed by atoms with van der Waals surface area (Å²) in [6.07, 6.45) is 6.90. The number of nitrogens with one attached hydrogen (secondary N) is 2. The van der Waals surface area contributed by atoms with Gasteiger partial charge in [-0.25, -0.2) is 4.98 Å². The van der Waals surface area contributed by atoms with Crippen LogP contribution in [0.25, 0.3) is 0 Å². The Bertz CT molecular complexity index is 1040. The van der Waals surface area contributed by atoms with E-state index in [9.17, 15) is 9.18 Å². The summed E-state index contributed by atoms with van der Waals surface area (Å²) in [5.41, 5.74) is 7.36. The van der Waals surface area contributed by atoms with E-state index in [1.54, 1.807) is 12.3 Å². The zero-order valence-electron chi connectivity index (χ0n) is 17.5. The zero-order valence-corrected chi connectivity index (χ0v) is 17.5. The van der Waals surface area contributed by atoms with Gasteiger partial charge in [0.1, 0.15) is 5.56 Å². The summed E-state index contributed by atoms with van der Waals surface area (Å²) in [6.45, 7) is 3.00. The van der Waals surface area contributed by atoms with Crippen molar-refractivity contribution in [3.63, 3.8) is 0 Å². The van der Waals surface area contributed by atoms with Gasteiger partial charge in [-0.1, -0.05) is 30.3 Å². The summed E-state index contributed by atoms with van der Waals surface area (Å²) >= 11 is 0. The van der Waals surface area contributed by atoms with Gasteiger partial charge in [0.05, 0.1) is 5.54 Å². The van der Waals surface area contributed by atoms with Gasteiger partial charge in [-0.3, -0.25) is 9.48 Å². The summed E-state index contributed by atoms with van der Waals surface area (Å²) in [7, 11) is 0. The molecule has 31 heavy (non-hydrogen) atoms. The van der Waals surface area contributed by atoms with Crippen LogP contribution in [-0.4, -0.2) is 26.7 Å². The first kappa shape index (κ1) is 21.0. The highest BCUT2D eigenvalue weighted by atomic mass is 19.1. The molecular weight excluding hydrogens is 395 g/mol. The number of rotatable bonds is 7. The van der Waals surface area contributed by atoms with Crippen LogP contribution in [0, 0.1) is 5.95 Å². The van der Waals surface area contributed by atoms with Crippen LogP contribution in [0.3, 0.4) is 0 Å². The molecule has 4 N–H and O–H groups in total. The van der Waals surface area contributed by atoms with E-state index in [1.807, 2.05) is 10.7 Å². The maximum absolute atomic E-state index is 13.4. The van der Waals surface area contributed by atoms with E-state index in [-0.39, 0.29) is 11.1 Å². The number of carbonyl (C=O) groups excluding carboxylic acids is 1. The Morgan fingerprint density at radius 2 is 2.00 bits per heavy atom. The van der Waals surface area contributed by atoms with Crippen molar-refractivity contribution in [2.75, 3.05) is 5.32 Å². The number of primary amides is 1. The quantitative estimate of drug-likeness (QED) is 0.504. The third-order valence-electron chi connectivity index (χ3n) is 6.02. The number of carbonyl (C=O) groups is 1. The van der Waals surface area contributed by atoms with Gasteiger partial charge in [0.2, 0.25) is 5.95 Å². The van der Waals surface area contributed by atoms with Gasteiger partial charge in [-0.05, 0) is 44.2 Å². The van der Waals surface area contributed by atoms with Crippen molar-refractivity contribution in [1.82, 2.24) is 20.1 Å². The molecule has 0 bridgehead atoms. The molecular formula is C23H27FN6O. The number of nitrogens with zero attached hydrogens (tertiary/aromatic N) is 3. The van der Waals surface area contributed by atoms with Gasteiger partial charge < -0.3 is 16.4 Å². The van der Waals surface area contributed by atoms with Crippen LogP contribution in [0.4, 0.5) is 15.9 Å². The molecule has 1 amide bonds. The van der Waals surface area contributed by atoms with E-state index in [0.29, 0.717) is 17.5 Å². The van der Waals surface area contributed by atoms with Crippen molar-refractivity contribution in [3.8, 4) is 0 Å². The normalized spacial score (nSPS) is 21.0. The average molecular weight is 423 g/mol. The van der Waals surface area contributed by atoms with Gasteiger partial charge in [0, 0.05) is 36.7 Å². The number of anilines is 2. The van der Waals surface area contributed by atoms with Crippen molar-refractivity contribution in [2.45, 2.75) is 50.7 Å². The fourth-order valence-corrected chi connectivity index (χ4v) is 4.07. The van der Waals surface area contributed by atoms with Crippen molar-refractivity contribution in [1.29, 1.82) is 0 Å². The fraction of sp³-hybridized carbons (Fsp3) is 0.348. The van der Waals surface area contributed by atoms with Crippen LogP contribution in [0.1, 0.15) is 48.5 Å². The average Bonchev–Trinajstić information content (AvgIpc) is 3.19. The predicted octanol–water partition coefficient (Wildman–Crippen LogP) is 3.71. The molecule has 0 saturated heterocycles. The molecule has 0 unspecified atom stereocenters. The first-order valence-electron chi connectivity index (χ1n) is 10.5. The Kier molecular flexibility index (Phi) is 5.99. The van der Waals surface area contributed by atoms with E-state index in [2.05, 4.69) is 51.9 Å². The van der Waals surface area contributed by atoms with Crippen molar-refractivity contribution >= 4 is 17.4 Å². The number of amides is 1.